The fourth-order valence-electron chi connectivity index (χ4n) is 8.36. The maximum Gasteiger partial charge on any atom is 0.330 e. The average Bonchev–Trinajstić information content (AvgIpc) is 3.15. The SMILES string of the molecule is CC[C@@H]1CCCC[C@@]1(O)C(=O)C(=O)N1CCCC[C@@]1(C(=O)O)[C@H](CCc1ccc(OC)c(OC)c1)c1cccc(OCCN2CCOCC2)c1. The first-order valence-corrected chi connectivity index (χ1v) is 18.2. The van der Waals surface area contributed by atoms with E-state index in [0.29, 0.717) is 87.6 Å². The number of carbonyl (C=O) groups is 3. The second kappa shape index (κ2) is 17.0. The molecule has 3 aliphatic rings. The summed E-state index contributed by atoms with van der Waals surface area (Å²) in [6.07, 6.45) is 5.10. The van der Waals surface area contributed by atoms with Crippen LogP contribution < -0.4 is 14.2 Å². The second-order valence-electron chi connectivity index (χ2n) is 13.9. The molecular weight excluding hydrogens is 640 g/mol. The molecule has 4 atom stereocenters. The summed E-state index contributed by atoms with van der Waals surface area (Å²) < 4.78 is 22.6. The number of rotatable bonds is 15. The van der Waals surface area contributed by atoms with Gasteiger partial charge < -0.3 is 34.1 Å². The number of hydrogen-bond acceptors (Lipinski definition) is 9. The van der Waals surface area contributed by atoms with Crippen molar-refractivity contribution in [3.05, 3.63) is 53.6 Å². The number of carboxylic acid groups (broad SMARTS) is 1. The lowest BCUT2D eigenvalue weighted by Crippen LogP contribution is -2.66. The van der Waals surface area contributed by atoms with Crippen molar-refractivity contribution in [3.8, 4) is 17.2 Å². The van der Waals surface area contributed by atoms with Gasteiger partial charge in [-0.25, -0.2) is 4.79 Å². The molecule has 11 heteroatoms. The molecule has 50 heavy (non-hydrogen) atoms. The molecule has 0 aromatic heterocycles. The standard InChI is InChI=1S/C39H54N2O9/c1-4-30-11-5-6-18-39(30,46)35(42)36(43)41-19-8-7-17-38(41,37(44)45)32(15-13-28-14-16-33(47-2)34(26-28)48-3)29-10-9-12-31(27-29)50-25-22-40-20-23-49-24-21-40/h9-10,12,14,16,26-27,30,32,46H,4-8,11,13,15,17-25H2,1-3H3,(H,44,45)/t30-,32-,38+,39+/m1/s1. The number of methoxy groups -OCH3 is 2. The number of nitrogens with zero attached hydrogens (tertiary/aromatic N) is 2. The molecule has 11 nitrogen and oxygen atoms in total. The number of aliphatic carboxylic acids is 1. The van der Waals surface area contributed by atoms with E-state index in [9.17, 15) is 24.6 Å². The first kappa shape index (κ1) is 37.6. The van der Waals surface area contributed by atoms with E-state index in [4.69, 9.17) is 18.9 Å². The van der Waals surface area contributed by atoms with Crippen LogP contribution in [0.25, 0.3) is 0 Å². The molecule has 2 saturated heterocycles. The Morgan fingerprint density at radius 1 is 0.960 bits per heavy atom. The van der Waals surface area contributed by atoms with Crippen LogP contribution in [0.3, 0.4) is 0 Å². The minimum absolute atomic E-state index is 0.117. The van der Waals surface area contributed by atoms with Crippen LogP contribution in [-0.4, -0.2) is 109 Å². The summed E-state index contributed by atoms with van der Waals surface area (Å²) in [6, 6.07) is 13.1. The lowest BCUT2D eigenvalue weighted by Gasteiger charge is -2.49. The summed E-state index contributed by atoms with van der Waals surface area (Å²) in [5.74, 6) is -2.21. The smallest absolute Gasteiger partial charge is 0.330 e. The van der Waals surface area contributed by atoms with Gasteiger partial charge in [0.25, 0.3) is 11.7 Å². The van der Waals surface area contributed by atoms with Crippen molar-refractivity contribution in [1.82, 2.24) is 9.80 Å². The van der Waals surface area contributed by atoms with Crippen molar-refractivity contribution in [2.75, 3.05) is 60.2 Å². The predicted molar refractivity (Wildman–Crippen MR) is 188 cm³/mol. The number of amides is 1. The third kappa shape index (κ3) is 7.95. The fraction of sp³-hybridized carbons (Fsp3) is 0.615. The lowest BCUT2D eigenvalue weighted by atomic mass is 9.68. The van der Waals surface area contributed by atoms with E-state index >= 15 is 0 Å². The number of benzene rings is 2. The monoisotopic (exact) mass is 694 g/mol. The Hall–Kier alpha value is -3.67. The van der Waals surface area contributed by atoms with Gasteiger partial charge in [0.1, 0.15) is 23.5 Å². The molecule has 2 aromatic carbocycles. The van der Waals surface area contributed by atoms with Gasteiger partial charge in [-0.1, -0.05) is 44.4 Å². The largest absolute Gasteiger partial charge is 0.493 e. The number of morpholine rings is 1. The highest BCUT2D eigenvalue weighted by Crippen LogP contribution is 2.46. The van der Waals surface area contributed by atoms with Gasteiger partial charge in [0.15, 0.2) is 11.5 Å². The minimum atomic E-state index is -1.80. The molecule has 274 valence electrons. The zero-order valence-electron chi connectivity index (χ0n) is 29.9. The Bertz CT molecular complexity index is 1480. The Morgan fingerprint density at radius 2 is 1.72 bits per heavy atom. The zero-order chi connectivity index (χ0) is 35.7. The summed E-state index contributed by atoms with van der Waals surface area (Å²) in [6.45, 7) is 6.32. The Morgan fingerprint density at radius 3 is 2.44 bits per heavy atom. The molecule has 5 rings (SSSR count). The fourth-order valence-corrected chi connectivity index (χ4v) is 8.36. The van der Waals surface area contributed by atoms with Crippen LogP contribution in [0.5, 0.6) is 17.2 Å². The van der Waals surface area contributed by atoms with Gasteiger partial charge in [0.05, 0.1) is 27.4 Å². The first-order valence-electron chi connectivity index (χ1n) is 18.2. The van der Waals surface area contributed by atoms with E-state index in [1.165, 1.54) is 4.90 Å². The number of ketones is 1. The van der Waals surface area contributed by atoms with Crippen LogP contribution in [0.4, 0.5) is 0 Å². The van der Waals surface area contributed by atoms with Crippen molar-refractivity contribution in [3.63, 3.8) is 0 Å². The number of aliphatic hydroxyl groups is 1. The van der Waals surface area contributed by atoms with E-state index in [-0.39, 0.29) is 25.3 Å². The average molecular weight is 695 g/mol. The molecule has 2 aliphatic heterocycles. The van der Waals surface area contributed by atoms with Crippen LogP contribution in [0.15, 0.2) is 42.5 Å². The molecule has 0 unspecified atom stereocenters. The molecule has 0 bridgehead atoms. The van der Waals surface area contributed by atoms with Crippen LogP contribution in [-0.2, 0) is 25.5 Å². The van der Waals surface area contributed by atoms with E-state index in [2.05, 4.69) is 4.90 Å². The van der Waals surface area contributed by atoms with Crippen molar-refractivity contribution < 1.29 is 43.5 Å². The van der Waals surface area contributed by atoms with E-state index in [0.717, 1.165) is 31.6 Å². The van der Waals surface area contributed by atoms with E-state index < -0.39 is 34.7 Å². The molecular formula is C39H54N2O9. The molecule has 1 amide bonds. The van der Waals surface area contributed by atoms with Gasteiger partial charge in [-0.2, -0.15) is 0 Å². The highest BCUT2D eigenvalue weighted by molar-refractivity contribution is 6.39. The minimum Gasteiger partial charge on any atom is -0.493 e. The van der Waals surface area contributed by atoms with Crippen molar-refractivity contribution in [1.29, 1.82) is 0 Å². The van der Waals surface area contributed by atoms with E-state index in [1.54, 1.807) is 14.2 Å². The number of aryl methyl sites for hydroxylation is 1. The molecule has 1 saturated carbocycles. The van der Waals surface area contributed by atoms with Crippen molar-refractivity contribution >= 4 is 17.7 Å². The zero-order valence-corrected chi connectivity index (χ0v) is 29.9. The Kier molecular flexibility index (Phi) is 12.8. The third-order valence-corrected chi connectivity index (χ3v) is 11.2. The van der Waals surface area contributed by atoms with Gasteiger partial charge in [-0.15, -0.1) is 0 Å². The molecule has 3 fully saturated rings. The van der Waals surface area contributed by atoms with Crippen molar-refractivity contribution in [2.45, 2.75) is 88.2 Å². The quantitative estimate of drug-likeness (QED) is 0.249. The summed E-state index contributed by atoms with van der Waals surface area (Å²) in [7, 11) is 3.14. The van der Waals surface area contributed by atoms with Crippen LogP contribution in [0.1, 0.15) is 81.8 Å². The molecule has 2 N–H and O–H groups in total. The number of ether oxygens (including phenoxy) is 4. The molecule has 2 heterocycles. The topological polar surface area (TPSA) is 135 Å². The molecule has 1 aliphatic carbocycles. The van der Waals surface area contributed by atoms with Gasteiger partial charge in [-0.05, 0) is 86.3 Å². The number of carboxylic acids is 1. The van der Waals surface area contributed by atoms with Gasteiger partial charge in [0.2, 0.25) is 0 Å². The van der Waals surface area contributed by atoms with Crippen LogP contribution in [0.2, 0.25) is 0 Å². The number of carbonyl (C=O) groups excluding carboxylic acids is 2. The lowest BCUT2D eigenvalue weighted by molar-refractivity contribution is -0.174. The number of Topliss-reactive ketones (excluding diaryl/α,β-unsaturated/α-hetero) is 1. The third-order valence-electron chi connectivity index (χ3n) is 11.2. The first-order chi connectivity index (χ1) is 24.2. The maximum absolute atomic E-state index is 14.4. The summed E-state index contributed by atoms with van der Waals surface area (Å²) in [4.78, 5) is 45.8. The van der Waals surface area contributed by atoms with Crippen LogP contribution >= 0.6 is 0 Å². The van der Waals surface area contributed by atoms with E-state index in [1.807, 2.05) is 49.4 Å². The Labute approximate surface area is 295 Å². The van der Waals surface area contributed by atoms with Crippen molar-refractivity contribution in [2.24, 2.45) is 5.92 Å². The highest BCUT2D eigenvalue weighted by Gasteiger charge is 2.57. The second-order valence-corrected chi connectivity index (χ2v) is 13.9. The maximum atomic E-state index is 14.4. The number of piperidine rings is 1. The summed E-state index contributed by atoms with van der Waals surface area (Å²) in [5, 5.41) is 23.0. The number of likely N-dealkylation sites (tertiary alicyclic amines) is 1. The Balaban J connectivity index is 1.51. The number of hydrogen-bond donors (Lipinski definition) is 2. The highest BCUT2D eigenvalue weighted by atomic mass is 16.5. The summed E-state index contributed by atoms with van der Waals surface area (Å²) >= 11 is 0. The van der Waals surface area contributed by atoms with Crippen LogP contribution in [0, 0.1) is 5.92 Å². The normalized spacial score (nSPS) is 25.0. The van der Waals surface area contributed by atoms with Gasteiger partial charge >= 0.3 is 5.97 Å². The molecule has 2 aromatic rings. The molecule has 0 radical (unpaired) electrons. The van der Waals surface area contributed by atoms with Gasteiger partial charge in [-0.3, -0.25) is 14.5 Å². The molecule has 0 spiro atoms. The predicted octanol–water partition coefficient (Wildman–Crippen LogP) is 4.87. The van der Waals surface area contributed by atoms with Gasteiger partial charge in [0, 0.05) is 32.1 Å². The summed E-state index contributed by atoms with van der Waals surface area (Å²) in [5.41, 5.74) is -1.89.